The minimum atomic E-state index is -0.654. The van der Waals surface area contributed by atoms with Crippen molar-refractivity contribution in [2.24, 2.45) is 0 Å². The molecule has 9 heteroatoms. The summed E-state index contributed by atoms with van der Waals surface area (Å²) in [6, 6.07) is 15.3. The average Bonchev–Trinajstić information content (AvgIpc) is 3.38. The van der Waals surface area contributed by atoms with Crippen LogP contribution in [0.25, 0.3) is 6.08 Å². The van der Waals surface area contributed by atoms with Crippen molar-refractivity contribution in [3.05, 3.63) is 94.8 Å². The molecular formula is C24H19FN2O6. The number of halogens is 1. The van der Waals surface area contributed by atoms with Crippen molar-refractivity contribution in [3.8, 4) is 5.75 Å². The maximum atomic E-state index is 13.3. The number of urea groups is 1. The van der Waals surface area contributed by atoms with Crippen LogP contribution < -0.4 is 10.1 Å². The predicted octanol–water partition coefficient (Wildman–Crippen LogP) is 3.88. The SMILES string of the molecule is COC(=O)c1ccc(CN2C(=O)N/C(=C\c3cccc(OCc4cccc(F)c4)c3)C2=O)o1. The van der Waals surface area contributed by atoms with E-state index in [2.05, 4.69) is 10.1 Å². The smallest absolute Gasteiger partial charge is 0.373 e. The predicted molar refractivity (Wildman–Crippen MR) is 114 cm³/mol. The number of amides is 3. The van der Waals surface area contributed by atoms with Crippen molar-refractivity contribution in [2.75, 3.05) is 7.11 Å². The summed E-state index contributed by atoms with van der Waals surface area (Å²) in [6.07, 6.45) is 1.53. The van der Waals surface area contributed by atoms with Crippen molar-refractivity contribution in [3.63, 3.8) is 0 Å². The van der Waals surface area contributed by atoms with E-state index in [1.165, 1.54) is 37.5 Å². The normalized spacial score (nSPS) is 14.5. The molecule has 1 fully saturated rings. The Hall–Kier alpha value is -4.40. The van der Waals surface area contributed by atoms with E-state index >= 15 is 0 Å². The lowest BCUT2D eigenvalue weighted by atomic mass is 10.1. The maximum absolute atomic E-state index is 13.3. The Balaban J connectivity index is 1.44. The van der Waals surface area contributed by atoms with Gasteiger partial charge in [-0.15, -0.1) is 0 Å². The highest BCUT2D eigenvalue weighted by molar-refractivity contribution is 6.13. The fourth-order valence-corrected chi connectivity index (χ4v) is 3.20. The first-order chi connectivity index (χ1) is 15.9. The molecule has 0 spiro atoms. The third kappa shape index (κ3) is 5.09. The number of esters is 1. The number of rotatable bonds is 7. The van der Waals surface area contributed by atoms with E-state index in [1.807, 2.05) is 0 Å². The summed E-state index contributed by atoms with van der Waals surface area (Å²) in [7, 11) is 1.22. The zero-order chi connectivity index (χ0) is 23.4. The molecule has 0 saturated carbocycles. The molecule has 0 bridgehead atoms. The molecule has 3 aromatic rings. The van der Waals surface area contributed by atoms with E-state index in [1.54, 1.807) is 36.4 Å². The van der Waals surface area contributed by atoms with Gasteiger partial charge in [-0.05, 0) is 53.6 Å². The second-order valence-corrected chi connectivity index (χ2v) is 7.13. The molecule has 0 unspecified atom stereocenters. The summed E-state index contributed by atoms with van der Waals surface area (Å²) in [4.78, 5) is 37.5. The van der Waals surface area contributed by atoms with Gasteiger partial charge in [0.15, 0.2) is 0 Å². The van der Waals surface area contributed by atoms with Crippen LogP contribution in [0.1, 0.15) is 27.4 Å². The van der Waals surface area contributed by atoms with Crippen LogP contribution in [0.4, 0.5) is 9.18 Å². The molecule has 4 rings (SSSR count). The molecule has 0 radical (unpaired) electrons. The van der Waals surface area contributed by atoms with Crippen LogP contribution in [0.3, 0.4) is 0 Å². The summed E-state index contributed by atoms with van der Waals surface area (Å²) in [6.45, 7) is 0.0354. The fraction of sp³-hybridized carbons (Fsp3) is 0.125. The molecule has 1 aliphatic heterocycles. The van der Waals surface area contributed by atoms with E-state index in [0.29, 0.717) is 16.9 Å². The molecule has 1 saturated heterocycles. The Morgan fingerprint density at radius 1 is 1.12 bits per heavy atom. The summed E-state index contributed by atoms with van der Waals surface area (Å²) in [5, 5.41) is 2.53. The van der Waals surface area contributed by atoms with Crippen LogP contribution >= 0.6 is 0 Å². The molecule has 1 aromatic heterocycles. The van der Waals surface area contributed by atoms with E-state index in [-0.39, 0.29) is 36.2 Å². The van der Waals surface area contributed by atoms with Crippen LogP contribution in [-0.2, 0) is 22.7 Å². The molecule has 168 valence electrons. The van der Waals surface area contributed by atoms with E-state index in [4.69, 9.17) is 9.15 Å². The Labute approximate surface area is 188 Å². The van der Waals surface area contributed by atoms with Gasteiger partial charge < -0.3 is 19.2 Å². The Kier molecular flexibility index (Phi) is 6.21. The lowest BCUT2D eigenvalue weighted by molar-refractivity contribution is -0.123. The molecule has 2 heterocycles. The van der Waals surface area contributed by atoms with Crippen molar-refractivity contribution in [2.45, 2.75) is 13.2 Å². The topological polar surface area (TPSA) is 98.1 Å². The molecule has 33 heavy (non-hydrogen) atoms. The minimum absolute atomic E-state index is 0.0228. The number of nitrogens with one attached hydrogen (secondary N) is 1. The zero-order valence-corrected chi connectivity index (χ0v) is 17.5. The van der Waals surface area contributed by atoms with Crippen LogP contribution in [-0.4, -0.2) is 29.9 Å². The molecule has 1 N–H and O–H groups in total. The average molecular weight is 450 g/mol. The molecular weight excluding hydrogens is 431 g/mol. The quantitative estimate of drug-likeness (QED) is 0.333. The number of imide groups is 1. The first kappa shape index (κ1) is 21.8. The number of carbonyl (C=O) groups excluding carboxylic acids is 3. The fourth-order valence-electron chi connectivity index (χ4n) is 3.20. The first-order valence-corrected chi connectivity index (χ1v) is 9.92. The minimum Gasteiger partial charge on any atom is -0.489 e. The highest BCUT2D eigenvalue weighted by Gasteiger charge is 2.34. The largest absolute Gasteiger partial charge is 0.489 e. The van der Waals surface area contributed by atoms with Crippen LogP contribution in [0.5, 0.6) is 5.75 Å². The van der Waals surface area contributed by atoms with E-state index in [9.17, 15) is 18.8 Å². The number of hydrogen-bond donors (Lipinski definition) is 1. The van der Waals surface area contributed by atoms with Gasteiger partial charge in [0.25, 0.3) is 5.91 Å². The molecule has 0 atom stereocenters. The van der Waals surface area contributed by atoms with E-state index in [0.717, 1.165) is 4.90 Å². The number of nitrogens with zero attached hydrogens (tertiary/aromatic N) is 1. The lowest BCUT2D eigenvalue weighted by Crippen LogP contribution is -2.30. The third-order valence-corrected chi connectivity index (χ3v) is 4.79. The molecule has 3 amide bonds. The van der Waals surface area contributed by atoms with Gasteiger partial charge >= 0.3 is 12.0 Å². The lowest BCUT2D eigenvalue weighted by Gasteiger charge is -2.09. The number of methoxy groups -OCH3 is 1. The Morgan fingerprint density at radius 3 is 2.73 bits per heavy atom. The Morgan fingerprint density at radius 2 is 1.94 bits per heavy atom. The second kappa shape index (κ2) is 9.39. The van der Waals surface area contributed by atoms with Crippen molar-refractivity contribution in [1.82, 2.24) is 10.2 Å². The van der Waals surface area contributed by atoms with Gasteiger partial charge in [0.2, 0.25) is 5.76 Å². The van der Waals surface area contributed by atoms with Gasteiger partial charge in [-0.2, -0.15) is 0 Å². The monoisotopic (exact) mass is 450 g/mol. The highest BCUT2D eigenvalue weighted by atomic mass is 19.1. The standard InChI is InChI=1S/C24H19FN2O6/c1-31-23(29)21-9-8-19(33-21)13-27-22(28)20(26-24(27)30)12-15-4-3-7-18(11-15)32-14-16-5-2-6-17(25)10-16/h2-12H,13-14H2,1H3,(H,26,30)/b20-12-. The van der Waals surface area contributed by atoms with Crippen molar-refractivity contribution < 1.29 is 32.7 Å². The summed E-state index contributed by atoms with van der Waals surface area (Å²) in [5.41, 5.74) is 1.39. The molecule has 0 aliphatic carbocycles. The number of carbonyl (C=O) groups is 3. The summed E-state index contributed by atoms with van der Waals surface area (Å²) >= 11 is 0. The zero-order valence-electron chi connectivity index (χ0n) is 17.5. The first-order valence-electron chi connectivity index (χ1n) is 9.92. The Bertz CT molecular complexity index is 1250. The van der Waals surface area contributed by atoms with Crippen LogP contribution in [0, 0.1) is 5.82 Å². The number of ether oxygens (including phenoxy) is 2. The molecule has 2 aromatic carbocycles. The molecule has 8 nitrogen and oxygen atoms in total. The van der Waals surface area contributed by atoms with Gasteiger partial charge in [0, 0.05) is 0 Å². The van der Waals surface area contributed by atoms with Crippen LogP contribution in [0.15, 0.2) is 70.8 Å². The van der Waals surface area contributed by atoms with Gasteiger partial charge in [-0.1, -0.05) is 24.3 Å². The number of benzene rings is 2. The summed E-state index contributed by atoms with van der Waals surface area (Å²) in [5.74, 6) is -0.780. The maximum Gasteiger partial charge on any atom is 0.373 e. The van der Waals surface area contributed by atoms with Gasteiger partial charge in [-0.3, -0.25) is 9.69 Å². The highest BCUT2D eigenvalue weighted by Crippen LogP contribution is 2.21. The van der Waals surface area contributed by atoms with E-state index < -0.39 is 17.9 Å². The van der Waals surface area contributed by atoms with Crippen molar-refractivity contribution in [1.29, 1.82) is 0 Å². The summed E-state index contributed by atoms with van der Waals surface area (Å²) < 4.78 is 28.9. The second-order valence-electron chi connectivity index (χ2n) is 7.13. The molecule has 1 aliphatic rings. The van der Waals surface area contributed by atoms with Crippen LogP contribution in [0.2, 0.25) is 0 Å². The third-order valence-electron chi connectivity index (χ3n) is 4.79. The van der Waals surface area contributed by atoms with Gasteiger partial charge in [0.1, 0.15) is 29.6 Å². The van der Waals surface area contributed by atoms with Gasteiger partial charge in [0.05, 0.1) is 13.7 Å². The number of hydrogen-bond acceptors (Lipinski definition) is 6. The van der Waals surface area contributed by atoms with Crippen molar-refractivity contribution >= 4 is 24.0 Å². The van der Waals surface area contributed by atoms with Gasteiger partial charge in [-0.25, -0.2) is 14.0 Å². The number of furan rings is 1.